The summed E-state index contributed by atoms with van der Waals surface area (Å²) < 4.78 is 24.2. The molecule has 2 heterocycles. The van der Waals surface area contributed by atoms with Crippen molar-refractivity contribution >= 4 is 11.9 Å². The third-order valence-electron chi connectivity index (χ3n) is 4.56. The van der Waals surface area contributed by atoms with Crippen molar-refractivity contribution in [2.24, 2.45) is 0 Å². The van der Waals surface area contributed by atoms with Crippen LogP contribution in [0.4, 0.5) is 15.0 Å². The zero-order chi connectivity index (χ0) is 19.9. The summed E-state index contributed by atoms with van der Waals surface area (Å²) in [6.07, 6.45) is 1.02. The fourth-order valence-corrected chi connectivity index (χ4v) is 3.16. The summed E-state index contributed by atoms with van der Waals surface area (Å²) in [5.74, 6) is 1.05. The molecule has 0 radical (unpaired) electrons. The molecule has 0 bridgehead atoms. The van der Waals surface area contributed by atoms with Gasteiger partial charge in [-0.2, -0.15) is 0 Å². The van der Waals surface area contributed by atoms with E-state index in [4.69, 9.17) is 14.5 Å². The number of nitrogens with one attached hydrogen (secondary N) is 1. The van der Waals surface area contributed by atoms with Gasteiger partial charge in [-0.1, -0.05) is 25.5 Å². The number of nitrogens with zero attached hydrogens (tertiary/aromatic N) is 2. The van der Waals surface area contributed by atoms with Gasteiger partial charge in [-0.15, -0.1) is 0 Å². The molecule has 0 aliphatic carbocycles. The minimum absolute atomic E-state index is 0.193. The molecule has 0 saturated carbocycles. The Bertz CT molecular complexity index is 823. The number of rotatable bonds is 6. The largest absolute Gasteiger partial charge is 0.412 e. The van der Waals surface area contributed by atoms with Gasteiger partial charge in [0.1, 0.15) is 11.6 Å². The molecule has 2 aromatic rings. The molecule has 1 aromatic carbocycles. The number of hydrogen-bond acceptors (Lipinski definition) is 5. The predicted octanol–water partition coefficient (Wildman–Crippen LogP) is 3.61. The van der Waals surface area contributed by atoms with Crippen molar-refractivity contribution in [1.82, 2.24) is 10.3 Å². The van der Waals surface area contributed by atoms with Crippen LogP contribution < -0.4 is 15.0 Å². The molecule has 1 N–H and O–H groups in total. The van der Waals surface area contributed by atoms with Gasteiger partial charge in [0.25, 0.3) is 0 Å². The summed E-state index contributed by atoms with van der Waals surface area (Å²) in [4.78, 5) is 19.2. The second kappa shape index (κ2) is 9.50. The summed E-state index contributed by atoms with van der Waals surface area (Å²) in [6.45, 7) is 7.14. The van der Waals surface area contributed by atoms with Gasteiger partial charge in [-0.05, 0) is 42.7 Å². The molecular weight excluding hydrogens is 361 g/mol. The number of aryl methyl sites for hydroxylation is 2. The summed E-state index contributed by atoms with van der Waals surface area (Å²) in [6, 6.07) is 8.04. The highest BCUT2D eigenvalue weighted by atomic mass is 19.1. The van der Waals surface area contributed by atoms with Crippen LogP contribution in [-0.4, -0.2) is 37.4 Å². The standard InChI is InChI=1S/C21H26FN3O3/c1-3-5-18-20(15(2)12-19(24-18)25-8-10-27-11-9-25)28-21(26)23-14-16-6-4-7-17(22)13-16/h4,6-7,12-13H,3,5,8-11,14H2,1-2H3,(H,23,26). The Morgan fingerprint density at radius 1 is 1.32 bits per heavy atom. The van der Waals surface area contributed by atoms with E-state index in [0.717, 1.165) is 36.6 Å². The Labute approximate surface area is 164 Å². The van der Waals surface area contributed by atoms with Gasteiger partial charge < -0.3 is 19.7 Å². The van der Waals surface area contributed by atoms with E-state index in [2.05, 4.69) is 17.1 Å². The van der Waals surface area contributed by atoms with E-state index in [0.29, 0.717) is 30.9 Å². The zero-order valence-electron chi connectivity index (χ0n) is 16.3. The fourth-order valence-electron chi connectivity index (χ4n) is 3.16. The Hall–Kier alpha value is -2.67. The minimum atomic E-state index is -0.578. The number of carbonyl (C=O) groups excluding carboxylic acids is 1. The van der Waals surface area contributed by atoms with Crippen molar-refractivity contribution in [3.05, 3.63) is 53.0 Å². The maximum absolute atomic E-state index is 13.3. The Morgan fingerprint density at radius 2 is 2.11 bits per heavy atom. The molecule has 6 nitrogen and oxygen atoms in total. The van der Waals surface area contributed by atoms with Crippen LogP contribution in [0, 0.1) is 12.7 Å². The molecular formula is C21H26FN3O3. The maximum atomic E-state index is 13.3. The molecule has 0 spiro atoms. The molecule has 1 aromatic heterocycles. The van der Waals surface area contributed by atoms with Crippen LogP contribution in [0.1, 0.15) is 30.2 Å². The van der Waals surface area contributed by atoms with Crippen LogP contribution >= 0.6 is 0 Å². The number of aromatic nitrogens is 1. The monoisotopic (exact) mass is 387 g/mol. The van der Waals surface area contributed by atoms with Crippen LogP contribution in [0.5, 0.6) is 5.75 Å². The Kier molecular flexibility index (Phi) is 6.81. The van der Waals surface area contributed by atoms with Crippen LogP contribution in [0.25, 0.3) is 0 Å². The second-order valence-electron chi connectivity index (χ2n) is 6.80. The molecule has 150 valence electrons. The molecule has 1 aliphatic rings. The molecule has 1 aliphatic heterocycles. The molecule has 28 heavy (non-hydrogen) atoms. The van der Waals surface area contributed by atoms with Gasteiger partial charge in [-0.3, -0.25) is 0 Å². The summed E-state index contributed by atoms with van der Waals surface area (Å²) in [5.41, 5.74) is 2.30. The van der Waals surface area contributed by atoms with Gasteiger partial charge in [-0.25, -0.2) is 14.2 Å². The van der Waals surface area contributed by atoms with Gasteiger partial charge in [0.05, 0.1) is 18.9 Å². The van der Waals surface area contributed by atoms with Gasteiger partial charge in [0.15, 0.2) is 5.75 Å². The van der Waals surface area contributed by atoms with Gasteiger partial charge in [0.2, 0.25) is 0 Å². The highest BCUT2D eigenvalue weighted by Gasteiger charge is 2.19. The lowest BCUT2D eigenvalue weighted by molar-refractivity contribution is 0.122. The van der Waals surface area contributed by atoms with E-state index in [9.17, 15) is 9.18 Å². The van der Waals surface area contributed by atoms with Crippen LogP contribution in [0.15, 0.2) is 30.3 Å². The number of hydrogen-bond donors (Lipinski definition) is 1. The fraction of sp³-hybridized carbons (Fsp3) is 0.429. The predicted molar refractivity (Wildman–Crippen MR) is 105 cm³/mol. The first kappa shape index (κ1) is 20.1. The molecule has 1 saturated heterocycles. The molecule has 1 fully saturated rings. The van der Waals surface area contributed by atoms with Gasteiger partial charge >= 0.3 is 6.09 Å². The third-order valence-corrected chi connectivity index (χ3v) is 4.56. The van der Waals surface area contributed by atoms with Crippen LogP contribution in [0.3, 0.4) is 0 Å². The third kappa shape index (κ3) is 5.19. The van der Waals surface area contributed by atoms with Crippen molar-refractivity contribution in [1.29, 1.82) is 0 Å². The zero-order valence-corrected chi connectivity index (χ0v) is 16.3. The lowest BCUT2D eigenvalue weighted by Gasteiger charge is -2.29. The number of benzene rings is 1. The highest BCUT2D eigenvalue weighted by molar-refractivity contribution is 5.71. The number of amides is 1. The molecule has 1 amide bonds. The normalized spacial score (nSPS) is 14.0. The Balaban J connectivity index is 1.71. The summed E-state index contributed by atoms with van der Waals surface area (Å²) in [5, 5.41) is 2.67. The van der Waals surface area contributed by atoms with E-state index in [-0.39, 0.29) is 12.4 Å². The lowest BCUT2D eigenvalue weighted by Crippen LogP contribution is -2.37. The molecule has 0 unspecified atom stereocenters. The maximum Gasteiger partial charge on any atom is 0.412 e. The van der Waals surface area contributed by atoms with Crippen molar-refractivity contribution < 1.29 is 18.7 Å². The smallest absolute Gasteiger partial charge is 0.408 e. The molecule has 7 heteroatoms. The summed E-state index contributed by atoms with van der Waals surface area (Å²) >= 11 is 0. The number of pyridine rings is 1. The highest BCUT2D eigenvalue weighted by Crippen LogP contribution is 2.28. The number of anilines is 1. The van der Waals surface area contributed by atoms with Crippen LogP contribution in [-0.2, 0) is 17.7 Å². The van der Waals surface area contributed by atoms with Gasteiger partial charge in [0, 0.05) is 19.6 Å². The minimum Gasteiger partial charge on any atom is -0.408 e. The van der Waals surface area contributed by atoms with E-state index in [1.54, 1.807) is 12.1 Å². The van der Waals surface area contributed by atoms with Crippen LogP contribution in [0.2, 0.25) is 0 Å². The van der Waals surface area contributed by atoms with E-state index in [1.807, 2.05) is 13.0 Å². The number of morpholine rings is 1. The van der Waals surface area contributed by atoms with E-state index < -0.39 is 6.09 Å². The van der Waals surface area contributed by atoms with E-state index in [1.165, 1.54) is 12.1 Å². The summed E-state index contributed by atoms with van der Waals surface area (Å²) in [7, 11) is 0. The van der Waals surface area contributed by atoms with Crippen molar-refractivity contribution in [2.45, 2.75) is 33.2 Å². The van der Waals surface area contributed by atoms with E-state index >= 15 is 0 Å². The van der Waals surface area contributed by atoms with Crippen molar-refractivity contribution in [2.75, 3.05) is 31.2 Å². The average Bonchev–Trinajstić information content (AvgIpc) is 2.70. The molecule has 3 rings (SSSR count). The SMILES string of the molecule is CCCc1nc(N2CCOCC2)cc(C)c1OC(=O)NCc1cccc(F)c1. The first-order chi connectivity index (χ1) is 13.6. The second-order valence-corrected chi connectivity index (χ2v) is 6.80. The topological polar surface area (TPSA) is 63.7 Å². The molecule has 0 atom stereocenters. The number of ether oxygens (including phenoxy) is 2. The average molecular weight is 387 g/mol. The first-order valence-electron chi connectivity index (χ1n) is 9.60. The van der Waals surface area contributed by atoms with Crippen molar-refractivity contribution in [3.63, 3.8) is 0 Å². The first-order valence-corrected chi connectivity index (χ1v) is 9.60. The number of carbonyl (C=O) groups is 1. The van der Waals surface area contributed by atoms with Crippen molar-refractivity contribution in [3.8, 4) is 5.75 Å². The lowest BCUT2D eigenvalue weighted by atomic mass is 10.1. The Morgan fingerprint density at radius 3 is 2.82 bits per heavy atom. The number of halogens is 1. The quantitative estimate of drug-likeness (QED) is 0.820.